The van der Waals surface area contributed by atoms with Crippen molar-refractivity contribution in [2.45, 2.75) is 19.8 Å². The number of ether oxygens (including phenoxy) is 2. The van der Waals surface area contributed by atoms with Gasteiger partial charge in [0, 0.05) is 30.1 Å². The third kappa shape index (κ3) is 5.06. The molecule has 2 heterocycles. The fraction of sp³-hybridized carbons (Fsp3) is 0.231. The summed E-state index contributed by atoms with van der Waals surface area (Å²) in [4.78, 5) is 36.6. The number of hydrogen-bond acceptors (Lipinski definition) is 6. The molecule has 8 nitrogen and oxygen atoms in total. The van der Waals surface area contributed by atoms with E-state index in [9.17, 15) is 9.59 Å². The Hall–Kier alpha value is -4.20. The summed E-state index contributed by atoms with van der Waals surface area (Å²) in [7, 11) is 3.07. The fourth-order valence-corrected chi connectivity index (χ4v) is 3.71. The smallest absolute Gasteiger partial charge is 0.244 e. The van der Waals surface area contributed by atoms with Crippen LogP contribution in [0.4, 0.5) is 17.2 Å². The quantitative estimate of drug-likeness (QED) is 0.574. The van der Waals surface area contributed by atoms with E-state index in [4.69, 9.17) is 14.5 Å². The monoisotopic (exact) mass is 458 g/mol. The van der Waals surface area contributed by atoms with E-state index in [1.807, 2.05) is 24.3 Å². The van der Waals surface area contributed by atoms with Crippen molar-refractivity contribution in [1.29, 1.82) is 0 Å². The first kappa shape index (κ1) is 23.0. The van der Waals surface area contributed by atoms with Crippen LogP contribution in [0.2, 0.25) is 0 Å². The number of aromatic nitrogens is 1. The van der Waals surface area contributed by atoms with Gasteiger partial charge in [0.15, 0.2) is 5.82 Å². The maximum absolute atomic E-state index is 13.3. The molecule has 3 aromatic rings. The molecule has 0 unspecified atom stereocenters. The highest BCUT2D eigenvalue weighted by atomic mass is 16.5. The summed E-state index contributed by atoms with van der Waals surface area (Å²) < 4.78 is 10.5. The van der Waals surface area contributed by atoms with E-state index >= 15 is 0 Å². The van der Waals surface area contributed by atoms with Crippen LogP contribution in [0, 0.1) is 0 Å². The predicted octanol–water partition coefficient (Wildman–Crippen LogP) is 4.16. The van der Waals surface area contributed by atoms with Crippen LogP contribution in [0.1, 0.15) is 24.5 Å². The lowest BCUT2D eigenvalue weighted by molar-refractivity contribution is -0.120. The number of hydrogen-bond donors (Lipinski definition) is 1. The molecule has 0 aliphatic carbocycles. The number of pyridine rings is 1. The van der Waals surface area contributed by atoms with Crippen LogP contribution < -0.4 is 19.7 Å². The standard InChI is InChI=1S/C26H26N4O4/c1-4-17-7-9-18(10-8-17)23-15-25(32)30(26-22(29-23)6-5-11-27-26)16-24(31)28-19-12-20(33-2)14-21(13-19)34-3/h5-14H,4,15-16H2,1-3H3,(H,28,31). The van der Waals surface area contributed by atoms with Gasteiger partial charge in [-0.15, -0.1) is 0 Å². The minimum absolute atomic E-state index is 0.0576. The normalized spacial score (nSPS) is 13.0. The second-order valence-electron chi connectivity index (χ2n) is 7.76. The molecule has 0 saturated heterocycles. The summed E-state index contributed by atoms with van der Waals surface area (Å²) in [5.74, 6) is 0.801. The Kier molecular flexibility index (Phi) is 6.87. The highest BCUT2D eigenvalue weighted by Crippen LogP contribution is 2.31. The SMILES string of the molecule is CCc1ccc(C2=Nc3cccnc3N(CC(=O)Nc3cc(OC)cc(OC)c3)C(=O)C2)cc1. The molecule has 4 rings (SSSR count). The summed E-state index contributed by atoms with van der Waals surface area (Å²) in [5.41, 5.74) is 3.76. The Morgan fingerprint density at radius 1 is 1.06 bits per heavy atom. The fourth-order valence-electron chi connectivity index (χ4n) is 3.71. The number of methoxy groups -OCH3 is 2. The molecule has 0 fully saturated rings. The molecule has 0 atom stereocenters. The van der Waals surface area contributed by atoms with Crippen molar-refractivity contribution in [3.8, 4) is 11.5 Å². The minimum Gasteiger partial charge on any atom is -0.497 e. The third-order valence-corrected chi connectivity index (χ3v) is 5.53. The Bertz CT molecular complexity index is 1220. The average Bonchev–Trinajstić information content (AvgIpc) is 3.00. The molecule has 174 valence electrons. The predicted molar refractivity (Wildman–Crippen MR) is 131 cm³/mol. The maximum atomic E-state index is 13.3. The summed E-state index contributed by atoms with van der Waals surface area (Å²) in [6.45, 7) is 1.88. The number of fused-ring (bicyclic) bond motifs is 1. The van der Waals surface area contributed by atoms with Gasteiger partial charge in [-0.1, -0.05) is 31.2 Å². The molecular formula is C26H26N4O4. The first-order valence-electron chi connectivity index (χ1n) is 11.0. The molecule has 1 aliphatic heterocycles. The molecule has 1 aromatic heterocycles. The lowest BCUT2D eigenvalue weighted by atomic mass is 10.0. The second kappa shape index (κ2) is 10.2. The van der Waals surface area contributed by atoms with Gasteiger partial charge in [-0.25, -0.2) is 9.98 Å². The van der Waals surface area contributed by atoms with Gasteiger partial charge in [0.1, 0.15) is 23.7 Å². The zero-order chi connectivity index (χ0) is 24.1. The number of aliphatic imine (C=N–C) groups is 1. The van der Waals surface area contributed by atoms with Gasteiger partial charge in [0.05, 0.1) is 26.4 Å². The summed E-state index contributed by atoms with van der Waals surface area (Å²) in [6, 6.07) is 16.6. The van der Waals surface area contributed by atoms with Crippen molar-refractivity contribution < 1.29 is 19.1 Å². The van der Waals surface area contributed by atoms with Gasteiger partial charge >= 0.3 is 0 Å². The van der Waals surface area contributed by atoms with Gasteiger partial charge < -0.3 is 14.8 Å². The highest BCUT2D eigenvalue weighted by molar-refractivity contribution is 6.18. The van der Waals surface area contributed by atoms with Gasteiger partial charge in [0.25, 0.3) is 0 Å². The number of nitrogens with zero attached hydrogens (tertiary/aromatic N) is 3. The van der Waals surface area contributed by atoms with Crippen molar-refractivity contribution in [3.63, 3.8) is 0 Å². The zero-order valence-corrected chi connectivity index (χ0v) is 19.4. The van der Waals surface area contributed by atoms with Crippen molar-refractivity contribution in [3.05, 3.63) is 71.9 Å². The van der Waals surface area contributed by atoms with Crippen LogP contribution in [-0.4, -0.2) is 43.3 Å². The molecule has 0 spiro atoms. The summed E-state index contributed by atoms with van der Waals surface area (Å²) in [6.07, 6.45) is 2.57. The Labute approximate surface area is 198 Å². The van der Waals surface area contributed by atoms with E-state index < -0.39 is 0 Å². The molecule has 8 heteroatoms. The lowest BCUT2D eigenvalue weighted by Crippen LogP contribution is -2.39. The number of carbonyl (C=O) groups is 2. The summed E-state index contributed by atoms with van der Waals surface area (Å²) in [5, 5.41) is 2.81. The van der Waals surface area contributed by atoms with Gasteiger partial charge in [-0.05, 0) is 29.7 Å². The molecule has 0 bridgehead atoms. The first-order chi connectivity index (χ1) is 16.5. The molecule has 2 amide bonds. The molecule has 1 N–H and O–H groups in total. The van der Waals surface area contributed by atoms with Crippen molar-refractivity contribution in [2.75, 3.05) is 31.0 Å². The van der Waals surface area contributed by atoms with E-state index in [1.165, 1.54) is 24.7 Å². The number of aryl methyl sites for hydroxylation is 1. The largest absolute Gasteiger partial charge is 0.497 e. The van der Waals surface area contributed by atoms with Crippen LogP contribution in [-0.2, 0) is 16.0 Å². The van der Waals surface area contributed by atoms with Gasteiger partial charge in [-0.2, -0.15) is 0 Å². The molecule has 1 aliphatic rings. The van der Waals surface area contributed by atoms with Crippen LogP contribution in [0.3, 0.4) is 0 Å². The van der Waals surface area contributed by atoms with E-state index in [0.29, 0.717) is 34.4 Å². The van der Waals surface area contributed by atoms with Crippen molar-refractivity contribution in [2.24, 2.45) is 4.99 Å². The van der Waals surface area contributed by atoms with Crippen molar-refractivity contribution in [1.82, 2.24) is 4.98 Å². The number of rotatable bonds is 7. The molecular weight excluding hydrogens is 432 g/mol. The molecule has 34 heavy (non-hydrogen) atoms. The van der Waals surface area contributed by atoms with E-state index in [2.05, 4.69) is 17.2 Å². The number of anilines is 2. The van der Waals surface area contributed by atoms with E-state index in [-0.39, 0.29) is 24.8 Å². The van der Waals surface area contributed by atoms with Crippen molar-refractivity contribution >= 4 is 34.7 Å². The maximum Gasteiger partial charge on any atom is 0.244 e. The van der Waals surface area contributed by atoms with Gasteiger partial charge in [0.2, 0.25) is 11.8 Å². The highest BCUT2D eigenvalue weighted by Gasteiger charge is 2.27. The molecule has 0 saturated carbocycles. The molecule has 2 aromatic carbocycles. The van der Waals surface area contributed by atoms with Crippen LogP contribution in [0.15, 0.2) is 65.8 Å². The van der Waals surface area contributed by atoms with E-state index in [1.54, 1.807) is 36.5 Å². The first-order valence-corrected chi connectivity index (χ1v) is 11.0. The van der Waals surface area contributed by atoms with E-state index in [0.717, 1.165) is 12.0 Å². The minimum atomic E-state index is -0.379. The number of nitrogens with one attached hydrogen (secondary N) is 1. The number of amides is 2. The topological polar surface area (TPSA) is 93.1 Å². The Morgan fingerprint density at radius 3 is 2.41 bits per heavy atom. The Morgan fingerprint density at radius 2 is 1.76 bits per heavy atom. The average molecular weight is 459 g/mol. The second-order valence-corrected chi connectivity index (χ2v) is 7.76. The lowest BCUT2D eigenvalue weighted by Gasteiger charge is -2.21. The van der Waals surface area contributed by atoms with Crippen LogP contribution in [0.25, 0.3) is 0 Å². The zero-order valence-electron chi connectivity index (χ0n) is 19.4. The third-order valence-electron chi connectivity index (χ3n) is 5.53. The number of carbonyl (C=O) groups excluding carboxylic acids is 2. The molecule has 0 radical (unpaired) electrons. The number of benzene rings is 2. The van der Waals surface area contributed by atoms with Crippen LogP contribution in [0.5, 0.6) is 11.5 Å². The Balaban J connectivity index is 1.58. The van der Waals surface area contributed by atoms with Crippen LogP contribution >= 0.6 is 0 Å². The summed E-state index contributed by atoms with van der Waals surface area (Å²) >= 11 is 0. The van der Waals surface area contributed by atoms with Gasteiger partial charge in [-0.3, -0.25) is 14.5 Å².